The van der Waals surface area contributed by atoms with Gasteiger partial charge < -0.3 is 9.64 Å². The van der Waals surface area contributed by atoms with Crippen LogP contribution in [-0.2, 0) is 11.3 Å². The summed E-state index contributed by atoms with van der Waals surface area (Å²) in [5, 5.41) is 0. The number of alkyl halides is 3. The van der Waals surface area contributed by atoms with Gasteiger partial charge >= 0.3 is 6.36 Å². The van der Waals surface area contributed by atoms with Gasteiger partial charge in [0.15, 0.2) is 0 Å². The standard InChI is InChI=1S/C19H25F3N2O2/c20-19(21,22)26-17-7-5-15(6-8-17)14-23-12-9-16(10-13-23)24-11-3-1-2-4-18(24)25/h5-8,16H,1-4,9-14H2. The molecule has 0 aromatic heterocycles. The lowest BCUT2D eigenvalue weighted by atomic mass is 10.0. The molecule has 1 amide bonds. The first-order chi connectivity index (χ1) is 12.4. The second-order valence-corrected chi connectivity index (χ2v) is 7.10. The molecule has 4 nitrogen and oxygen atoms in total. The molecule has 7 heteroatoms. The Hall–Kier alpha value is -1.76. The average Bonchev–Trinajstić information content (AvgIpc) is 2.81. The first-order valence-electron chi connectivity index (χ1n) is 9.27. The van der Waals surface area contributed by atoms with Crippen LogP contribution in [0.3, 0.4) is 0 Å². The number of nitrogens with zero attached hydrogens (tertiary/aromatic N) is 2. The fraction of sp³-hybridized carbons (Fsp3) is 0.632. The highest BCUT2D eigenvalue weighted by Crippen LogP contribution is 2.25. The zero-order chi connectivity index (χ0) is 18.6. The maximum atomic E-state index is 12.2. The van der Waals surface area contributed by atoms with Gasteiger partial charge in [0.1, 0.15) is 5.75 Å². The van der Waals surface area contributed by atoms with E-state index in [0.717, 1.165) is 57.3 Å². The van der Waals surface area contributed by atoms with Gasteiger partial charge in [-0.25, -0.2) is 0 Å². The number of halogens is 3. The Bertz CT molecular complexity index is 596. The van der Waals surface area contributed by atoms with Crippen molar-refractivity contribution in [2.75, 3.05) is 19.6 Å². The molecule has 1 aromatic carbocycles. The number of hydrogen-bond donors (Lipinski definition) is 0. The summed E-state index contributed by atoms with van der Waals surface area (Å²) in [5.41, 5.74) is 0.962. The molecule has 0 bridgehead atoms. The summed E-state index contributed by atoms with van der Waals surface area (Å²) in [5.74, 6) is 0.0980. The molecule has 2 aliphatic heterocycles. The van der Waals surface area contributed by atoms with Crippen LogP contribution in [0.25, 0.3) is 0 Å². The summed E-state index contributed by atoms with van der Waals surface area (Å²) >= 11 is 0. The van der Waals surface area contributed by atoms with E-state index in [4.69, 9.17) is 0 Å². The predicted molar refractivity (Wildman–Crippen MR) is 91.6 cm³/mol. The van der Waals surface area contributed by atoms with Gasteiger partial charge in [-0.1, -0.05) is 18.6 Å². The van der Waals surface area contributed by atoms with Gasteiger partial charge in [-0.15, -0.1) is 13.2 Å². The molecule has 1 aromatic rings. The number of carbonyl (C=O) groups excluding carboxylic acids is 1. The Morgan fingerprint density at radius 1 is 1.00 bits per heavy atom. The Morgan fingerprint density at radius 3 is 2.35 bits per heavy atom. The monoisotopic (exact) mass is 370 g/mol. The SMILES string of the molecule is O=C1CCCCCN1C1CCN(Cc2ccc(OC(F)(F)F)cc2)CC1. The van der Waals surface area contributed by atoms with Crippen molar-refractivity contribution >= 4 is 5.91 Å². The topological polar surface area (TPSA) is 32.8 Å². The van der Waals surface area contributed by atoms with Gasteiger partial charge in [0.2, 0.25) is 5.91 Å². The number of likely N-dealkylation sites (tertiary alicyclic amines) is 2. The second kappa shape index (κ2) is 8.29. The van der Waals surface area contributed by atoms with E-state index >= 15 is 0 Å². The molecule has 0 saturated carbocycles. The second-order valence-electron chi connectivity index (χ2n) is 7.10. The van der Waals surface area contributed by atoms with Crippen molar-refractivity contribution in [1.29, 1.82) is 0 Å². The van der Waals surface area contributed by atoms with E-state index < -0.39 is 6.36 Å². The van der Waals surface area contributed by atoms with Gasteiger partial charge in [0, 0.05) is 38.6 Å². The Kier molecular flexibility index (Phi) is 6.06. The van der Waals surface area contributed by atoms with Gasteiger partial charge in [0.25, 0.3) is 0 Å². The van der Waals surface area contributed by atoms with E-state index in [1.165, 1.54) is 12.1 Å². The molecule has 2 saturated heterocycles. The van der Waals surface area contributed by atoms with E-state index in [1.54, 1.807) is 12.1 Å². The largest absolute Gasteiger partial charge is 0.573 e. The summed E-state index contributed by atoms with van der Waals surface area (Å²) in [7, 11) is 0. The molecule has 2 aliphatic rings. The highest BCUT2D eigenvalue weighted by molar-refractivity contribution is 5.76. The molecule has 0 aliphatic carbocycles. The molecule has 0 unspecified atom stereocenters. The Balaban J connectivity index is 1.48. The van der Waals surface area contributed by atoms with Gasteiger partial charge in [-0.2, -0.15) is 0 Å². The third-order valence-electron chi connectivity index (χ3n) is 5.17. The van der Waals surface area contributed by atoms with E-state index in [1.807, 2.05) is 0 Å². The molecule has 144 valence electrons. The van der Waals surface area contributed by atoms with Crippen LogP contribution in [0.5, 0.6) is 5.75 Å². The van der Waals surface area contributed by atoms with Crippen LogP contribution >= 0.6 is 0 Å². The average molecular weight is 370 g/mol. The van der Waals surface area contributed by atoms with Crippen LogP contribution in [0, 0.1) is 0 Å². The highest BCUT2D eigenvalue weighted by atomic mass is 19.4. The van der Waals surface area contributed by atoms with Crippen LogP contribution in [-0.4, -0.2) is 47.7 Å². The van der Waals surface area contributed by atoms with Crippen LogP contribution < -0.4 is 4.74 Å². The van der Waals surface area contributed by atoms with Crippen molar-refractivity contribution in [2.45, 2.75) is 57.5 Å². The van der Waals surface area contributed by atoms with Crippen LogP contribution in [0.4, 0.5) is 13.2 Å². The number of carbonyl (C=O) groups is 1. The molecule has 3 rings (SSSR count). The van der Waals surface area contributed by atoms with Crippen LogP contribution in [0.1, 0.15) is 44.1 Å². The summed E-state index contributed by atoms with van der Waals surface area (Å²) < 4.78 is 40.5. The van der Waals surface area contributed by atoms with Crippen molar-refractivity contribution in [3.63, 3.8) is 0 Å². The molecule has 2 heterocycles. The highest BCUT2D eigenvalue weighted by Gasteiger charge is 2.31. The van der Waals surface area contributed by atoms with E-state index in [9.17, 15) is 18.0 Å². The third-order valence-corrected chi connectivity index (χ3v) is 5.17. The van der Waals surface area contributed by atoms with Crippen molar-refractivity contribution in [2.24, 2.45) is 0 Å². The van der Waals surface area contributed by atoms with Crippen molar-refractivity contribution in [3.8, 4) is 5.75 Å². The summed E-state index contributed by atoms with van der Waals surface area (Å²) in [6.07, 6.45) is 1.17. The van der Waals surface area contributed by atoms with Crippen molar-refractivity contribution in [3.05, 3.63) is 29.8 Å². The smallest absolute Gasteiger partial charge is 0.406 e. The van der Waals surface area contributed by atoms with Crippen LogP contribution in [0.15, 0.2) is 24.3 Å². The summed E-state index contributed by atoms with van der Waals surface area (Å²) in [6.45, 7) is 3.38. The molecule has 2 fully saturated rings. The molecule has 0 atom stereocenters. The summed E-state index contributed by atoms with van der Waals surface area (Å²) in [6, 6.07) is 6.38. The third kappa shape index (κ3) is 5.37. The summed E-state index contributed by atoms with van der Waals surface area (Å²) in [4.78, 5) is 16.6. The fourth-order valence-electron chi connectivity index (χ4n) is 3.83. The molecular formula is C19H25F3N2O2. The van der Waals surface area contributed by atoms with E-state index in [-0.39, 0.29) is 5.75 Å². The van der Waals surface area contributed by atoms with E-state index in [2.05, 4.69) is 14.5 Å². The number of benzene rings is 1. The first-order valence-corrected chi connectivity index (χ1v) is 9.27. The fourth-order valence-corrected chi connectivity index (χ4v) is 3.83. The van der Waals surface area contributed by atoms with Gasteiger partial charge in [0.05, 0.1) is 0 Å². The first kappa shape index (κ1) is 19.0. The Morgan fingerprint density at radius 2 is 1.69 bits per heavy atom. The van der Waals surface area contributed by atoms with Crippen molar-refractivity contribution in [1.82, 2.24) is 9.80 Å². The van der Waals surface area contributed by atoms with Crippen LogP contribution in [0.2, 0.25) is 0 Å². The maximum absolute atomic E-state index is 12.2. The number of piperidine rings is 1. The number of ether oxygens (including phenoxy) is 1. The molecular weight excluding hydrogens is 345 g/mol. The molecule has 0 N–H and O–H groups in total. The normalized spacial score (nSPS) is 20.9. The Labute approximate surface area is 151 Å². The van der Waals surface area contributed by atoms with E-state index in [0.29, 0.717) is 24.9 Å². The van der Waals surface area contributed by atoms with Gasteiger partial charge in [-0.05, 0) is 43.4 Å². The molecule has 26 heavy (non-hydrogen) atoms. The maximum Gasteiger partial charge on any atom is 0.573 e. The lowest BCUT2D eigenvalue weighted by Gasteiger charge is -2.38. The minimum absolute atomic E-state index is 0.195. The predicted octanol–water partition coefficient (Wildman–Crippen LogP) is 3.95. The minimum Gasteiger partial charge on any atom is -0.406 e. The molecule has 0 radical (unpaired) electrons. The lowest BCUT2D eigenvalue weighted by Crippen LogP contribution is -2.47. The quantitative estimate of drug-likeness (QED) is 0.805. The van der Waals surface area contributed by atoms with Gasteiger partial charge in [-0.3, -0.25) is 9.69 Å². The molecule has 0 spiro atoms. The minimum atomic E-state index is -4.66. The number of hydrogen-bond acceptors (Lipinski definition) is 3. The zero-order valence-electron chi connectivity index (χ0n) is 14.8. The zero-order valence-corrected chi connectivity index (χ0v) is 14.8. The number of rotatable bonds is 4. The number of amides is 1. The lowest BCUT2D eigenvalue weighted by molar-refractivity contribution is -0.274. The van der Waals surface area contributed by atoms with Crippen molar-refractivity contribution < 1.29 is 22.7 Å².